The highest BCUT2D eigenvalue weighted by molar-refractivity contribution is 9.08. The van der Waals surface area contributed by atoms with Gasteiger partial charge in [0.25, 0.3) is 5.91 Å². The molecule has 0 aliphatic carbocycles. The second-order valence-electron chi connectivity index (χ2n) is 4.54. The summed E-state index contributed by atoms with van der Waals surface area (Å²) in [7, 11) is 0. The van der Waals surface area contributed by atoms with E-state index in [1.54, 1.807) is 0 Å². The molecule has 2 rings (SSSR count). The molecule has 1 amide bonds. The van der Waals surface area contributed by atoms with E-state index in [1.165, 1.54) is 0 Å². The number of anilines is 1. The Labute approximate surface area is 122 Å². The van der Waals surface area contributed by atoms with Gasteiger partial charge in [-0.15, -0.1) is 0 Å². The molecule has 0 unspecified atom stereocenters. The van der Waals surface area contributed by atoms with Crippen molar-refractivity contribution in [3.63, 3.8) is 0 Å². The van der Waals surface area contributed by atoms with Gasteiger partial charge in [-0.05, 0) is 48.7 Å². The lowest BCUT2D eigenvalue weighted by Gasteiger charge is -2.10. The van der Waals surface area contributed by atoms with E-state index in [2.05, 4.69) is 21.2 Å². The van der Waals surface area contributed by atoms with E-state index in [1.807, 2.05) is 56.3 Å². The molecule has 0 heterocycles. The van der Waals surface area contributed by atoms with E-state index in [9.17, 15) is 4.79 Å². The molecule has 0 fully saturated rings. The molecule has 3 heteroatoms. The average molecular weight is 318 g/mol. The number of halogens is 1. The fourth-order valence-electron chi connectivity index (χ4n) is 1.93. The van der Waals surface area contributed by atoms with Gasteiger partial charge in [0, 0.05) is 16.6 Å². The first-order valence-electron chi connectivity index (χ1n) is 6.14. The van der Waals surface area contributed by atoms with E-state index in [0.717, 1.165) is 33.3 Å². The summed E-state index contributed by atoms with van der Waals surface area (Å²) in [4.78, 5) is 12.3. The zero-order valence-electron chi connectivity index (χ0n) is 11.0. The Morgan fingerprint density at radius 3 is 2.63 bits per heavy atom. The fourth-order valence-corrected chi connectivity index (χ4v) is 2.28. The van der Waals surface area contributed by atoms with Crippen LogP contribution in [0.5, 0.6) is 0 Å². The largest absolute Gasteiger partial charge is 0.322 e. The minimum absolute atomic E-state index is 0.0621. The molecule has 0 aliphatic heterocycles. The van der Waals surface area contributed by atoms with Crippen LogP contribution < -0.4 is 5.32 Å². The zero-order chi connectivity index (χ0) is 13.8. The van der Waals surface area contributed by atoms with Crippen molar-refractivity contribution < 1.29 is 4.79 Å². The molecule has 2 aromatic carbocycles. The Bertz CT molecular complexity index is 607. The molecule has 0 radical (unpaired) electrons. The van der Waals surface area contributed by atoms with Crippen molar-refractivity contribution in [2.75, 3.05) is 5.32 Å². The first-order chi connectivity index (χ1) is 9.11. The monoisotopic (exact) mass is 317 g/mol. The van der Waals surface area contributed by atoms with Gasteiger partial charge in [-0.1, -0.05) is 40.2 Å². The third-order valence-corrected chi connectivity index (χ3v) is 3.84. The van der Waals surface area contributed by atoms with Crippen LogP contribution in [0.15, 0.2) is 42.5 Å². The lowest BCUT2D eigenvalue weighted by molar-refractivity contribution is 0.102. The highest BCUT2D eigenvalue weighted by Gasteiger charge is 2.10. The van der Waals surface area contributed by atoms with Gasteiger partial charge in [-0.2, -0.15) is 0 Å². The minimum Gasteiger partial charge on any atom is -0.322 e. The van der Waals surface area contributed by atoms with E-state index in [4.69, 9.17) is 0 Å². The topological polar surface area (TPSA) is 29.1 Å². The van der Waals surface area contributed by atoms with Gasteiger partial charge in [0.15, 0.2) is 0 Å². The number of alkyl halides is 1. The number of carbonyl (C=O) groups excluding carboxylic acids is 1. The SMILES string of the molecule is Cc1cccc(C(=O)Nc2cccc(CBr)c2)c1C. The number of nitrogens with one attached hydrogen (secondary N) is 1. The molecule has 0 saturated heterocycles. The Morgan fingerprint density at radius 2 is 1.89 bits per heavy atom. The van der Waals surface area contributed by atoms with Crippen LogP contribution in [-0.4, -0.2) is 5.91 Å². The van der Waals surface area contributed by atoms with Crippen LogP contribution in [0.2, 0.25) is 0 Å². The van der Waals surface area contributed by atoms with Crippen molar-refractivity contribution >= 4 is 27.5 Å². The molecular weight excluding hydrogens is 302 g/mol. The predicted octanol–water partition coefficient (Wildman–Crippen LogP) is 4.45. The van der Waals surface area contributed by atoms with Gasteiger partial charge in [0.2, 0.25) is 0 Å². The molecule has 2 nitrogen and oxygen atoms in total. The second-order valence-corrected chi connectivity index (χ2v) is 5.10. The molecule has 0 aliphatic rings. The van der Waals surface area contributed by atoms with Gasteiger partial charge >= 0.3 is 0 Å². The molecule has 0 bridgehead atoms. The Balaban J connectivity index is 2.23. The maximum atomic E-state index is 12.3. The first-order valence-corrected chi connectivity index (χ1v) is 7.26. The summed E-state index contributed by atoms with van der Waals surface area (Å²) >= 11 is 3.41. The van der Waals surface area contributed by atoms with Crippen molar-refractivity contribution in [1.82, 2.24) is 0 Å². The smallest absolute Gasteiger partial charge is 0.255 e. The molecule has 98 valence electrons. The highest BCUT2D eigenvalue weighted by atomic mass is 79.9. The average Bonchev–Trinajstić information content (AvgIpc) is 2.42. The van der Waals surface area contributed by atoms with E-state index in [0.29, 0.717) is 0 Å². The van der Waals surface area contributed by atoms with Crippen molar-refractivity contribution in [2.24, 2.45) is 0 Å². The van der Waals surface area contributed by atoms with Gasteiger partial charge < -0.3 is 5.32 Å². The molecule has 0 atom stereocenters. The normalized spacial score (nSPS) is 10.3. The third kappa shape index (κ3) is 3.24. The summed E-state index contributed by atoms with van der Waals surface area (Å²) in [5.41, 5.74) is 4.84. The first kappa shape index (κ1) is 13.8. The van der Waals surface area contributed by atoms with E-state index in [-0.39, 0.29) is 5.91 Å². The number of hydrogen-bond acceptors (Lipinski definition) is 1. The van der Waals surface area contributed by atoms with Crippen LogP contribution in [0, 0.1) is 13.8 Å². The highest BCUT2D eigenvalue weighted by Crippen LogP contribution is 2.17. The van der Waals surface area contributed by atoms with Crippen molar-refractivity contribution in [3.8, 4) is 0 Å². The van der Waals surface area contributed by atoms with Gasteiger partial charge in [0.1, 0.15) is 0 Å². The molecule has 1 N–H and O–H groups in total. The maximum absolute atomic E-state index is 12.3. The molecular formula is C16H16BrNO. The lowest BCUT2D eigenvalue weighted by Crippen LogP contribution is -2.13. The number of amides is 1. The Hall–Kier alpha value is -1.61. The quantitative estimate of drug-likeness (QED) is 0.832. The number of carbonyl (C=O) groups is 1. The van der Waals surface area contributed by atoms with Crippen molar-refractivity contribution in [3.05, 3.63) is 64.7 Å². The standard InChI is InChI=1S/C16H16BrNO/c1-11-5-3-8-15(12(11)2)16(19)18-14-7-4-6-13(9-14)10-17/h3-9H,10H2,1-2H3,(H,18,19). The number of benzene rings is 2. The van der Waals surface area contributed by atoms with Crippen molar-refractivity contribution in [1.29, 1.82) is 0 Å². The zero-order valence-corrected chi connectivity index (χ0v) is 12.6. The van der Waals surface area contributed by atoms with Crippen LogP contribution in [0.1, 0.15) is 27.0 Å². The number of aryl methyl sites for hydroxylation is 1. The molecule has 2 aromatic rings. The number of hydrogen-bond donors (Lipinski definition) is 1. The number of rotatable bonds is 3. The summed E-state index contributed by atoms with van der Waals surface area (Å²) in [5, 5.41) is 3.72. The van der Waals surface area contributed by atoms with Gasteiger partial charge in [-0.25, -0.2) is 0 Å². The van der Waals surface area contributed by atoms with Crippen LogP contribution in [0.3, 0.4) is 0 Å². The van der Waals surface area contributed by atoms with Crippen molar-refractivity contribution in [2.45, 2.75) is 19.2 Å². The van der Waals surface area contributed by atoms with E-state index >= 15 is 0 Å². The molecule has 0 aromatic heterocycles. The second kappa shape index (κ2) is 6.02. The fraction of sp³-hybridized carbons (Fsp3) is 0.188. The summed E-state index contributed by atoms with van der Waals surface area (Å²) in [6, 6.07) is 13.6. The van der Waals surface area contributed by atoms with Crippen LogP contribution >= 0.6 is 15.9 Å². The molecule has 19 heavy (non-hydrogen) atoms. The van der Waals surface area contributed by atoms with Crippen LogP contribution in [-0.2, 0) is 5.33 Å². The van der Waals surface area contributed by atoms with Crippen LogP contribution in [0.25, 0.3) is 0 Å². The molecule has 0 saturated carbocycles. The maximum Gasteiger partial charge on any atom is 0.255 e. The van der Waals surface area contributed by atoms with Gasteiger partial charge in [0.05, 0.1) is 0 Å². The predicted molar refractivity (Wildman–Crippen MR) is 82.9 cm³/mol. The van der Waals surface area contributed by atoms with Crippen LogP contribution in [0.4, 0.5) is 5.69 Å². The minimum atomic E-state index is -0.0621. The Morgan fingerprint density at radius 1 is 1.16 bits per heavy atom. The summed E-state index contributed by atoms with van der Waals surface area (Å²) in [6.45, 7) is 3.98. The lowest BCUT2D eigenvalue weighted by atomic mass is 10.0. The summed E-state index contributed by atoms with van der Waals surface area (Å²) < 4.78 is 0. The van der Waals surface area contributed by atoms with Gasteiger partial charge in [-0.3, -0.25) is 4.79 Å². The Kier molecular flexibility index (Phi) is 4.38. The summed E-state index contributed by atoms with van der Waals surface area (Å²) in [5.74, 6) is -0.0621. The summed E-state index contributed by atoms with van der Waals surface area (Å²) in [6.07, 6.45) is 0. The van der Waals surface area contributed by atoms with E-state index < -0.39 is 0 Å². The third-order valence-electron chi connectivity index (χ3n) is 3.19. The molecule has 0 spiro atoms.